The van der Waals surface area contributed by atoms with Gasteiger partial charge in [-0.05, 0) is 61.6 Å². The summed E-state index contributed by atoms with van der Waals surface area (Å²) in [6.45, 7) is 12.5. The van der Waals surface area contributed by atoms with Crippen molar-refractivity contribution in [3.63, 3.8) is 0 Å². The van der Waals surface area contributed by atoms with E-state index in [0.717, 1.165) is 43.4 Å². The van der Waals surface area contributed by atoms with Crippen LogP contribution in [0.5, 0.6) is 5.75 Å². The highest BCUT2D eigenvalue weighted by Gasteiger charge is 2.68. The summed E-state index contributed by atoms with van der Waals surface area (Å²) in [5, 5.41) is 17.6. The molecular weight excluding hydrogens is 793 g/mol. The number of primary amides is 1. The average Bonchev–Trinajstić information content (AvgIpc) is 3.45. The number of fused-ring (bicyclic) bond motifs is 1. The van der Waals surface area contributed by atoms with Crippen molar-refractivity contribution in [3.8, 4) is 11.8 Å². The monoisotopic (exact) mass is 839 g/mol. The van der Waals surface area contributed by atoms with Crippen molar-refractivity contribution < 1.29 is 33.1 Å². The number of piperazine rings is 1. The number of benzene rings is 2. The van der Waals surface area contributed by atoms with E-state index < -0.39 is 64.4 Å². The third-order valence-electron chi connectivity index (χ3n) is 13.1. The Morgan fingerprint density at radius 3 is 2.15 bits per heavy atom. The Bertz CT molecular complexity index is 2300. The van der Waals surface area contributed by atoms with Crippen LogP contribution in [0.4, 0.5) is 15.9 Å². The molecule has 8 rings (SSSR count). The van der Waals surface area contributed by atoms with Gasteiger partial charge in [-0.25, -0.2) is 4.39 Å². The van der Waals surface area contributed by atoms with Crippen molar-refractivity contribution in [1.29, 1.82) is 5.26 Å². The number of rotatable bonds is 9. The lowest BCUT2D eigenvalue weighted by molar-refractivity contribution is -0.216. The fraction of sp³-hybridized carbons (Fsp3) is 0.488. The Morgan fingerprint density at radius 2 is 1.55 bits per heavy atom. The first-order chi connectivity index (χ1) is 28.5. The Labute approximate surface area is 352 Å². The first kappa shape index (κ1) is 41.1. The molecule has 1 unspecified atom stereocenters. The molecule has 3 saturated heterocycles. The summed E-state index contributed by atoms with van der Waals surface area (Å²) in [4.78, 5) is 75.8. The topological polar surface area (TPSA) is 186 Å². The second-order valence-corrected chi connectivity index (χ2v) is 18.0. The van der Waals surface area contributed by atoms with Crippen molar-refractivity contribution in [2.24, 2.45) is 22.5 Å². The second kappa shape index (κ2) is 15.4. The number of hydrogen-bond acceptors (Lipinski definition) is 12. The lowest BCUT2D eigenvalue weighted by atomic mass is 9.48. The molecule has 1 aromatic heterocycles. The SMILES string of the molecule is CC1(C)C(Oc2ccc(C#N)c(Cl)c2)C(C)(C)C1N1C(=O)CCC(N2C(=O)c3cc(F)c(N4CCN(CC5CCN(c6ccc(C(N)=O)nn6)CC5)CC4)cc3C2=O)C1=O. The molecule has 0 bridgehead atoms. The Hall–Kier alpha value is -5.66. The van der Waals surface area contributed by atoms with E-state index in [4.69, 9.17) is 22.1 Å². The van der Waals surface area contributed by atoms with Crippen LogP contribution < -0.4 is 20.3 Å². The Balaban J connectivity index is 0.903. The number of piperidine rings is 2. The Morgan fingerprint density at radius 1 is 0.883 bits per heavy atom. The number of aromatic nitrogens is 2. The van der Waals surface area contributed by atoms with Crippen molar-refractivity contribution >= 4 is 52.6 Å². The lowest BCUT2D eigenvalue weighted by Gasteiger charge is -2.65. The highest BCUT2D eigenvalue weighted by Crippen LogP contribution is 2.58. The highest BCUT2D eigenvalue weighted by atomic mass is 35.5. The molecule has 15 nitrogen and oxygen atoms in total. The number of nitrogens with two attached hydrogens (primary N) is 1. The number of carbonyl (C=O) groups is 5. The van der Waals surface area contributed by atoms with Crippen LogP contribution in [0.1, 0.15) is 90.1 Å². The van der Waals surface area contributed by atoms with Crippen LogP contribution in [0.25, 0.3) is 0 Å². The summed E-state index contributed by atoms with van der Waals surface area (Å²) in [7, 11) is 0. The lowest BCUT2D eigenvalue weighted by Crippen LogP contribution is -2.77. The minimum atomic E-state index is -1.24. The first-order valence-electron chi connectivity index (χ1n) is 20.3. The number of ether oxygens (including phenoxy) is 1. The molecule has 3 aromatic rings. The summed E-state index contributed by atoms with van der Waals surface area (Å²) in [5.41, 5.74) is 4.38. The van der Waals surface area contributed by atoms with Gasteiger partial charge in [0.2, 0.25) is 5.91 Å². The summed E-state index contributed by atoms with van der Waals surface area (Å²) >= 11 is 6.26. The maximum Gasteiger partial charge on any atom is 0.269 e. The second-order valence-electron chi connectivity index (χ2n) is 17.6. The number of anilines is 2. The maximum atomic E-state index is 15.9. The van der Waals surface area contributed by atoms with Gasteiger partial charge in [0.25, 0.3) is 23.6 Å². The van der Waals surface area contributed by atoms with Crippen LogP contribution in [-0.2, 0) is 9.59 Å². The van der Waals surface area contributed by atoms with Gasteiger partial charge >= 0.3 is 0 Å². The minimum absolute atomic E-state index is 0.0364. The van der Waals surface area contributed by atoms with Crippen LogP contribution in [-0.4, -0.2) is 118 Å². The summed E-state index contributed by atoms with van der Waals surface area (Å²) < 4.78 is 22.2. The molecule has 4 fully saturated rings. The smallest absolute Gasteiger partial charge is 0.269 e. The molecule has 1 saturated carbocycles. The van der Waals surface area contributed by atoms with Crippen LogP contribution in [0.2, 0.25) is 5.02 Å². The Kier molecular flexibility index (Phi) is 10.6. The van der Waals surface area contributed by atoms with Crippen LogP contribution in [0.3, 0.4) is 0 Å². The fourth-order valence-corrected chi connectivity index (χ4v) is 10.7. The van der Waals surface area contributed by atoms with Gasteiger partial charge < -0.3 is 20.3 Å². The molecule has 4 aliphatic heterocycles. The van der Waals surface area contributed by atoms with E-state index in [9.17, 15) is 29.2 Å². The van der Waals surface area contributed by atoms with Crippen molar-refractivity contribution in [2.45, 2.75) is 71.6 Å². The van der Waals surface area contributed by atoms with Crippen LogP contribution in [0.15, 0.2) is 42.5 Å². The molecule has 1 aliphatic carbocycles. The van der Waals surface area contributed by atoms with E-state index in [1.54, 1.807) is 30.3 Å². The third-order valence-corrected chi connectivity index (χ3v) is 13.4. The zero-order valence-electron chi connectivity index (χ0n) is 34.0. The predicted octanol–water partition coefficient (Wildman–Crippen LogP) is 4.27. The number of likely N-dealkylation sites (tertiary alicyclic amines) is 1. The van der Waals surface area contributed by atoms with Crippen molar-refractivity contribution in [2.75, 3.05) is 55.6 Å². The molecule has 2 aromatic carbocycles. The summed E-state index contributed by atoms with van der Waals surface area (Å²) in [6, 6.07) is 10.8. The molecule has 5 amide bonds. The van der Waals surface area contributed by atoms with Gasteiger partial charge in [-0.3, -0.25) is 38.7 Å². The maximum absolute atomic E-state index is 15.9. The number of nitrogens with zero attached hydrogens (tertiary/aromatic N) is 8. The van der Waals surface area contributed by atoms with Crippen LogP contribution >= 0.6 is 11.6 Å². The fourth-order valence-electron chi connectivity index (χ4n) is 10.5. The van der Waals surface area contributed by atoms with Gasteiger partial charge in [0.1, 0.15) is 29.8 Å². The first-order valence-corrected chi connectivity index (χ1v) is 20.7. The number of imide groups is 2. The largest absolute Gasteiger partial charge is 0.489 e. The van der Waals surface area contributed by atoms with E-state index in [1.165, 1.54) is 11.0 Å². The molecule has 5 heterocycles. The molecule has 5 aliphatic rings. The van der Waals surface area contributed by atoms with E-state index in [0.29, 0.717) is 49.2 Å². The average molecular weight is 840 g/mol. The van der Waals surface area contributed by atoms with E-state index >= 15 is 4.39 Å². The van der Waals surface area contributed by atoms with Gasteiger partial charge in [0.15, 0.2) is 11.5 Å². The van der Waals surface area contributed by atoms with Gasteiger partial charge in [-0.15, -0.1) is 10.2 Å². The van der Waals surface area contributed by atoms with Crippen molar-refractivity contribution in [3.05, 3.63) is 75.7 Å². The van der Waals surface area contributed by atoms with Gasteiger partial charge in [-0.1, -0.05) is 39.3 Å². The van der Waals surface area contributed by atoms with E-state index in [2.05, 4.69) is 20.0 Å². The van der Waals surface area contributed by atoms with Crippen LogP contribution in [0, 0.1) is 33.9 Å². The van der Waals surface area contributed by atoms with Gasteiger partial charge in [0, 0.05) is 69.1 Å². The molecular formula is C43H47ClFN9O6. The molecule has 2 N–H and O–H groups in total. The minimum Gasteiger partial charge on any atom is -0.489 e. The number of nitriles is 1. The zero-order chi connectivity index (χ0) is 42.8. The number of hydrogen-bond donors (Lipinski definition) is 1. The standard InChI is InChI=1S/C43H47ClFN9O6/c1-42(2)40(43(3,4)41(42)60-26-6-5-25(22-46)29(44)19-26)54-35(55)10-8-32(39(54)59)53-37(57)27-20-30(45)33(21-28(27)38(53)58)51-17-15-50(16-18-51)23-24-11-13-52(14-12-24)34-9-7-31(36(47)56)48-49-34/h5-7,9,19-21,24,32,40-41H,8,10-18,23H2,1-4H3,(H2,47,56). The molecule has 0 spiro atoms. The predicted molar refractivity (Wildman–Crippen MR) is 218 cm³/mol. The number of amides is 5. The summed E-state index contributed by atoms with van der Waals surface area (Å²) in [5.74, 6) is -2.12. The quantitative estimate of drug-likeness (QED) is 0.302. The van der Waals surface area contributed by atoms with E-state index in [-0.39, 0.29) is 40.4 Å². The zero-order valence-corrected chi connectivity index (χ0v) is 34.7. The number of halogens is 2. The van der Waals surface area contributed by atoms with Crippen molar-refractivity contribution in [1.82, 2.24) is 24.9 Å². The van der Waals surface area contributed by atoms with Gasteiger partial charge in [-0.2, -0.15) is 5.26 Å². The van der Waals surface area contributed by atoms with E-state index in [1.807, 2.05) is 38.7 Å². The van der Waals surface area contributed by atoms with Gasteiger partial charge in [0.05, 0.1) is 33.4 Å². The molecule has 0 radical (unpaired) electrons. The molecule has 1 atom stereocenters. The third kappa shape index (κ3) is 7.00. The molecule has 314 valence electrons. The molecule has 17 heteroatoms. The number of carbonyl (C=O) groups excluding carboxylic acids is 5. The highest BCUT2D eigenvalue weighted by molar-refractivity contribution is 6.31. The molecule has 60 heavy (non-hydrogen) atoms. The summed E-state index contributed by atoms with van der Waals surface area (Å²) in [6.07, 6.45) is 1.35. The normalized spacial score (nSPS) is 24.3.